The number of anilines is 1. The molecule has 0 spiro atoms. The van der Waals surface area contributed by atoms with Crippen molar-refractivity contribution in [1.29, 1.82) is 0 Å². The molecule has 0 aliphatic heterocycles. The summed E-state index contributed by atoms with van der Waals surface area (Å²) in [6, 6.07) is 3.62. The summed E-state index contributed by atoms with van der Waals surface area (Å²) in [4.78, 5) is 0. The predicted molar refractivity (Wildman–Crippen MR) is 43.4 cm³/mol. The number of nitrogen functional groups attached to an aromatic ring is 1. The molecule has 2 aromatic heterocycles. The lowest BCUT2D eigenvalue weighted by atomic mass is 10.4. The smallest absolute Gasteiger partial charge is 0.240 e. The van der Waals surface area contributed by atoms with Gasteiger partial charge in [0, 0.05) is 6.20 Å². The highest BCUT2D eigenvalue weighted by molar-refractivity contribution is 5.12. The van der Waals surface area contributed by atoms with Crippen molar-refractivity contribution in [3.63, 3.8) is 0 Å². The topological polar surface area (TPSA) is 95.4 Å². The van der Waals surface area contributed by atoms with Crippen LogP contribution in [0, 0.1) is 0 Å². The van der Waals surface area contributed by atoms with Crippen LogP contribution in [-0.2, 0) is 6.54 Å². The highest BCUT2D eigenvalue weighted by Gasteiger charge is 2.02. The summed E-state index contributed by atoms with van der Waals surface area (Å²) in [5.41, 5.74) is 6.23. The van der Waals surface area contributed by atoms with Crippen LogP contribution in [0.15, 0.2) is 18.3 Å². The van der Waals surface area contributed by atoms with Crippen LogP contribution in [0.3, 0.4) is 0 Å². The van der Waals surface area contributed by atoms with Crippen molar-refractivity contribution < 1.29 is 0 Å². The summed E-state index contributed by atoms with van der Waals surface area (Å²) in [5.74, 6) is 0.269. The lowest BCUT2D eigenvalue weighted by molar-refractivity contribution is 0.637. The molecule has 2 aromatic rings. The lowest BCUT2D eigenvalue weighted by Crippen LogP contribution is -2.07. The molecule has 7 nitrogen and oxygen atoms in total. The summed E-state index contributed by atoms with van der Waals surface area (Å²) >= 11 is 0. The molecule has 2 rings (SSSR count). The minimum Gasteiger partial charge on any atom is -0.367 e. The van der Waals surface area contributed by atoms with Crippen molar-refractivity contribution in [2.24, 2.45) is 0 Å². The molecular formula is C6H7N7. The molecule has 0 saturated carbocycles. The Morgan fingerprint density at radius 2 is 2.31 bits per heavy atom. The monoisotopic (exact) mass is 177 g/mol. The van der Waals surface area contributed by atoms with E-state index in [0.29, 0.717) is 6.54 Å². The van der Waals surface area contributed by atoms with Crippen LogP contribution in [0.5, 0.6) is 0 Å². The van der Waals surface area contributed by atoms with Crippen LogP contribution >= 0.6 is 0 Å². The van der Waals surface area contributed by atoms with Crippen LogP contribution < -0.4 is 5.73 Å². The molecule has 0 saturated heterocycles. The predicted octanol–water partition coefficient (Wildman–Crippen LogP) is -0.906. The summed E-state index contributed by atoms with van der Waals surface area (Å²) in [6.45, 7) is 0.437. The van der Waals surface area contributed by atoms with Crippen LogP contribution in [0.1, 0.15) is 5.69 Å². The SMILES string of the molecule is Nc1nnnn1Cc1cccnn1. The molecule has 2 N–H and O–H groups in total. The number of tetrazole rings is 1. The average Bonchev–Trinajstić information content (AvgIpc) is 2.54. The fourth-order valence-corrected chi connectivity index (χ4v) is 0.895. The van der Waals surface area contributed by atoms with E-state index in [0.717, 1.165) is 5.69 Å². The zero-order valence-corrected chi connectivity index (χ0v) is 6.70. The van der Waals surface area contributed by atoms with Crippen molar-refractivity contribution in [2.75, 3.05) is 5.73 Å². The zero-order valence-electron chi connectivity index (χ0n) is 6.70. The Morgan fingerprint density at radius 1 is 1.38 bits per heavy atom. The normalized spacial score (nSPS) is 10.2. The first-order valence-electron chi connectivity index (χ1n) is 3.64. The van der Waals surface area contributed by atoms with E-state index in [1.807, 2.05) is 6.07 Å². The molecule has 0 radical (unpaired) electrons. The third-order valence-electron chi connectivity index (χ3n) is 1.50. The molecule has 0 fully saturated rings. The second kappa shape index (κ2) is 3.13. The fraction of sp³-hybridized carbons (Fsp3) is 0.167. The van der Waals surface area contributed by atoms with Crippen molar-refractivity contribution in [2.45, 2.75) is 6.54 Å². The van der Waals surface area contributed by atoms with Crippen molar-refractivity contribution in [3.8, 4) is 0 Å². The maximum Gasteiger partial charge on any atom is 0.240 e. The minimum absolute atomic E-state index is 0.269. The van der Waals surface area contributed by atoms with Gasteiger partial charge in [-0.05, 0) is 22.6 Å². The zero-order chi connectivity index (χ0) is 9.10. The number of nitrogens with two attached hydrogens (primary N) is 1. The van der Waals surface area contributed by atoms with E-state index < -0.39 is 0 Å². The first-order chi connectivity index (χ1) is 6.36. The van der Waals surface area contributed by atoms with Crippen molar-refractivity contribution >= 4 is 5.95 Å². The van der Waals surface area contributed by atoms with Gasteiger partial charge in [-0.25, -0.2) is 4.68 Å². The van der Waals surface area contributed by atoms with Gasteiger partial charge in [-0.2, -0.15) is 10.2 Å². The Hall–Kier alpha value is -2.05. The summed E-state index contributed by atoms with van der Waals surface area (Å²) < 4.78 is 1.45. The van der Waals surface area contributed by atoms with Crippen LogP contribution in [0.2, 0.25) is 0 Å². The van der Waals surface area contributed by atoms with Crippen LogP contribution in [-0.4, -0.2) is 30.4 Å². The number of hydrogen-bond donors (Lipinski definition) is 1. The maximum atomic E-state index is 5.47. The second-order valence-corrected chi connectivity index (χ2v) is 2.41. The van der Waals surface area contributed by atoms with Gasteiger partial charge < -0.3 is 5.73 Å². The van der Waals surface area contributed by atoms with Gasteiger partial charge in [0.2, 0.25) is 5.95 Å². The third kappa shape index (κ3) is 1.58. The first-order valence-corrected chi connectivity index (χ1v) is 3.64. The van der Waals surface area contributed by atoms with Gasteiger partial charge in [0.05, 0.1) is 12.2 Å². The Bertz CT molecular complexity index is 381. The van der Waals surface area contributed by atoms with Gasteiger partial charge in [-0.15, -0.1) is 0 Å². The summed E-state index contributed by atoms with van der Waals surface area (Å²) in [6.07, 6.45) is 1.60. The number of aromatic nitrogens is 6. The molecule has 7 heteroatoms. The van der Waals surface area contributed by atoms with Gasteiger partial charge >= 0.3 is 0 Å². The second-order valence-electron chi connectivity index (χ2n) is 2.41. The molecule has 66 valence electrons. The van der Waals surface area contributed by atoms with E-state index in [-0.39, 0.29) is 5.95 Å². The summed E-state index contributed by atoms with van der Waals surface area (Å²) in [5, 5.41) is 18.2. The Balaban J connectivity index is 2.20. The Labute approximate surface area is 73.6 Å². The minimum atomic E-state index is 0.269. The average molecular weight is 177 g/mol. The van der Waals surface area contributed by atoms with E-state index in [9.17, 15) is 0 Å². The Morgan fingerprint density at radius 3 is 2.92 bits per heavy atom. The van der Waals surface area contributed by atoms with Gasteiger partial charge in [-0.3, -0.25) is 0 Å². The molecule has 0 bridgehead atoms. The first kappa shape index (κ1) is 7.59. The lowest BCUT2D eigenvalue weighted by Gasteiger charge is -1.98. The highest BCUT2D eigenvalue weighted by atomic mass is 15.6. The number of rotatable bonds is 2. The third-order valence-corrected chi connectivity index (χ3v) is 1.50. The molecule has 0 aliphatic carbocycles. The molecule has 2 heterocycles. The fourth-order valence-electron chi connectivity index (χ4n) is 0.895. The molecule has 0 unspecified atom stereocenters. The number of hydrogen-bond acceptors (Lipinski definition) is 6. The van der Waals surface area contributed by atoms with Crippen LogP contribution in [0.25, 0.3) is 0 Å². The molecule has 13 heavy (non-hydrogen) atoms. The molecule has 0 aromatic carbocycles. The van der Waals surface area contributed by atoms with E-state index in [4.69, 9.17) is 5.73 Å². The van der Waals surface area contributed by atoms with Crippen molar-refractivity contribution in [1.82, 2.24) is 30.4 Å². The largest absolute Gasteiger partial charge is 0.367 e. The molecule has 0 amide bonds. The van der Waals surface area contributed by atoms with Crippen LogP contribution in [0.4, 0.5) is 5.95 Å². The molecule has 0 aliphatic rings. The van der Waals surface area contributed by atoms with E-state index >= 15 is 0 Å². The highest BCUT2D eigenvalue weighted by Crippen LogP contribution is 1.98. The standard InChI is InChI=1S/C6H7N7/c7-6-10-11-12-13(6)4-5-2-1-3-8-9-5/h1-3H,4H2,(H2,7,10,12). The van der Waals surface area contributed by atoms with Gasteiger partial charge in [0.1, 0.15) is 0 Å². The van der Waals surface area contributed by atoms with E-state index in [1.54, 1.807) is 12.3 Å². The maximum absolute atomic E-state index is 5.47. The van der Waals surface area contributed by atoms with Gasteiger partial charge in [-0.1, -0.05) is 5.10 Å². The quantitative estimate of drug-likeness (QED) is 0.638. The molecular weight excluding hydrogens is 170 g/mol. The van der Waals surface area contributed by atoms with Crippen molar-refractivity contribution in [3.05, 3.63) is 24.0 Å². The molecule has 0 atom stereocenters. The van der Waals surface area contributed by atoms with Gasteiger partial charge in [0.25, 0.3) is 0 Å². The summed E-state index contributed by atoms with van der Waals surface area (Å²) in [7, 11) is 0. The van der Waals surface area contributed by atoms with Gasteiger partial charge in [0.15, 0.2) is 0 Å². The van der Waals surface area contributed by atoms with E-state index in [2.05, 4.69) is 25.7 Å². The number of nitrogens with zero attached hydrogens (tertiary/aromatic N) is 6. The van der Waals surface area contributed by atoms with E-state index in [1.165, 1.54) is 4.68 Å². The Kier molecular flexibility index (Phi) is 1.83.